The third-order valence-electron chi connectivity index (χ3n) is 3.92. The van der Waals surface area contributed by atoms with Gasteiger partial charge in [0.05, 0.1) is 17.6 Å². The highest BCUT2D eigenvalue weighted by molar-refractivity contribution is 7.89. The molecule has 1 atom stereocenters. The summed E-state index contributed by atoms with van der Waals surface area (Å²) >= 11 is 0. The van der Waals surface area contributed by atoms with Crippen LogP contribution in [0.2, 0.25) is 0 Å². The fraction of sp³-hybridized carbons (Fsp3) is 0.600. The van der Waals surface area contributed by atoms with E-state index in [9.17, 15) is 8.42 Å². The molecule has 1 saturated carbocycles. The Bertz CT molecular complexity index is 537. The van der Waals surface area contributed by atoms with Crippen molar-refractivity contribution in [1.29, 1.82) is 0 Å². The molecule has 0 bridgehead atoms. The van der Waals surface area contributed by atoms with Crippen molar-refractivity contribution in [3.63, 3.8) is 0 Å². The largest absolute Gasteiger partial charge is 0.377 e. The Labute approximate surface area is 126 Å². The molecule has 1 aliphatic rings. The van der Waals surface area contributed by atoms with Gasteiger partial charge >= 0.3 is 0 Å². The Morgan fingerprint density at radius 3 is 2.48 bits per heavy atom. The second-order valence-corrected chi connectivity index (χ2v) is 7.13. The monoisotopic (exact) mass is 312 g/mol. The highest BCUT2D eigenvalue weighted by atomic mass is 32.2. The lowest BCUT2D eigenvalue weighted by Gasteiger charge is -2.16. The summed E-state index contributed by atoms with van der Waals surface area (Å²) in [7, 11) is -3.62. The first-order chi connectivity index (χ1) is 9.97. The third kappa shape index (κ3) is 5.07. The zero-order chi connectivity index (χ0) is 15.3. The third-order valence-corrected chi connectivity index (χ3v) is 4.85. The maximum absolute atomic E-state index is 11.2. The first kappa shape index (κ1) is 16.4. The van der Waals surface area contributed by atoms with E-state index in [0.29, 0.717) is 12.7 Å². The van der Waals surface area contributed by atoms with Crippen molar-refractivity contribution in [2.75, 3.05) is 13.2 Å². The summed E-state index contributed by atoms with van der Waals surface area (Å²) < 4.78 is 28.2. The number of benzene rings is 1. The van der Waals surface area contributed by atoms with E-state index in [0.717, 1.165) is 12.1 Å². The van der Waals surface area contributed by atoms with E-state index in [-0.39, 0.29) is 10.9 Å². The van der Waals surface area contributed by atoms with Crippen molar-refractivity contribution in [1.82, 2.24) is 5.32 Å². The van der Waals surface area contributed by atoms with Gasteiger partial charge in [-0.25, -0.2) is 13.6 Å². The standard InChI is InChI=1S/C15H24N2O3S/c1-12(17-10-11-20-14-4-2-3-5-14)13-6-8-15(9-7-13)21(16,18)19/h6-9,12,14,17H,2-5,10-11H2,1H3,(H2,16,18,19). The van der Waals surface area contributed by atoms with Crippen LogP contribution in [0.15, 0.2) is 29.2 Å². The Balaban J connectivity index is 1.76. The molecule has 0 aliphatic heterocycles. The van der Waals surface area contributed by atoms with Gasteiger partial charge in [-0.3, -0.25) is 0 Å². The van der Waals surface area contributed by atoms with Crippen molar-refractivity contribution in [2.45, 2.75) is 49.6 Å². The SMILES string of the molecule is CC(NCCOC1CCCC1)c1ccc(S(N)(=O)=O)cc1. The van der Waals surface area contributed by atoms with E-state index >= 15 is 0 Å². The molecule has 21 heavy (non-hydrogen) atoms. The quantitative estimate of drug-likeness (QED) is 0.754. The number of nitrogens with one attached hydrogen (secondary N) is 1. The molecule has 0 heterocycles. The molecular formula is C15H24N2O3S. The lowest BCUT2D eigenvalue weighted by molar-refractivity contribution is 0.0593. The van der Waals surface area contributed by atoms with E-state index in [2.05, 4.69) is 5.32 Å². The van der Waals surface area contributed by atoms with E-state index in [4.69, 9.17) is 9.88 Å². The predicted octanol–water partition coefficient (Wildman–Crippen LogP) is 1.94. The van der Waals surface area contributed by atoms with Gasteiger partial charge in [0.15, 0.2) is 0 Å². The highest BCUT2D eigenvalue weighted by Crippen LogP contribution is 2.20. The minimum Gasteiger partial charge on any atom is -0.377 e. The first-order valence-corrected chi connectivity index (χ1v) is 8.99. The number of hydrogen-bond acceptors (Lipinski definition) is 4. The Morgan fingerprint density at radius 1 is 1.29 bits per heavy atom. The molecule has 1 unspecified atom stereocenters. The van der Waals surface area contributed by atoms with Crippen LogP contribution >= 0.6 is 0 Å². The molecule has 1 aromatic rings. The minimum atomic E-state index is -3.62. The lowest BCUT2D eigenvalue weighted by atomic mass is 10.1. The first-order valence-electron chi connectivity index (χ1n) is 7.44. The van der Waals surface area contributed by atoms with Gasteiger partial charge in [-0.2, -0.15) is 0 Å². The van der Waals surface area contributed by atoms with Crippen LogP contribution in [0.4, 0.5) is 0 Å². The number of primary sulfonamides is 1. The fourth-order valence-electron chi connectivity index (χ4n) is 2.62. The lowest BCUT2D eigenvalue weighted by Crippen LogP contribution is -2.25. The molecule has 0 aromatic heterocycles. The molecule has 5 nitrogen and oxygen atoms in total. The Morgan fingerprint density at radius 2 is 1.90 bits per heavy atom. The van der Waals surface area contributed by atoms with Crippen molar-refractivity contribution in [3.8, 4) is 0 Å². The number of nitrogens with two attached hydrogens (primary N) is 1. The maximum Gasteiger partial charge on any atom is 0.238 e. The summed E-state index contributed by atoms with van der Waals surface area (Å²) in [5, 5.41) is 8.46. The van der Waals surface area contributed by atoms with Crippen LogP contribution in [0.5, 0.6) is 0 Å². The summed E-state index contributed by atoms with van der Waals surface area (Å²) in [4.78, 5) is 0.142. The molecule has 1 aliphatic carbocycles. The smallest absolute Gasteiger partial charge is 0.238 e. The van der Waals surface area contributed by atoms with Crippen LogP contribution in [0.3, 0.4) is 0 Å². The average molecular weight is 312 g/mol. The van der Waals surface area contributed by atoms with Gasteiger partial charge in [0.1, 0.15) is 0 Å². The molecule has 1 fully saturated rings. The second-order valence-electron chi connectivity index (χ2n) is 5.57. The van der Waals surface area contributed by atoms with Gasteiger partial charge in [0.2, 0.25) is 10.0 Å². The Kier molecular flexibility index (Phi) is 5.75. The molecule has 0 spiro atoms. The molecule has 118 valence electrons. The summed E-state index contributed by atoms with van der Waals surface area (Å²) in [5.74, 6) is 0. The van der Waals surface area contributed by atoms with Gasteiger partial charge in [-0.05, 0) is 37.5 Å². The van der Waals surface area contributed by atoms with E-state index in [1.807, 2.05) is 6.92 Å². The normalized spacial score (nSPS) is 18.0. The van der Waals surface area contributed by atoms with E-state index in [1.165, 1.54) is 37.8 Å². The molecule has 3 N–H and O–H groups in total. The number of ether oxygens (including phenoxy) is 1. The van der Waals surface area contributed by atoms with Crippen LogP contribution in [0, 0.1) is 0 Å². The van der Waals surface area contributed by atoms with Crippen LogP contribution in [-0.4, -0.2) is 27.7 Å². The summed E-state index contributed by atoms with van der Waals surface area (Å²) in [6.07, 6.45) is 5.38. The summed E-state index contributed by atoms with van der Waals surface area (Å²) in [6, 6.07) is 6.80. The number of sulfonamides is 1. The molecular weight excluding hydrogens is 288 g/mol. The highest BCUT2D eigenvalue weighted by Gasteiger charge is 2.15. The Hall–Kier alpha value is -0.950. The molecule has 2 rings (SSSR count). The van der Waals surface area contributed by atoms with Crippen molar-refractivity contribution in [3.05, 3.63) is 29.8 Å². The summed E-state index contributed by atoms with van der Waals surface area (Å²) in [6.45, 7) is 3.54. The van der Waals surface area contributed by atoms with Crippen LogP contribution in [0.1, 0.15) is 44.2 Å². The molecule has 0 saturated heterocycles. The molecule has 0 amide bonds. The number of hydrogen-bond donors (Lipinski definition) is 2. The zero-order valence-electron chi connectivity index (χ0n) is 12.4. The van der Waals surface area contributed by atoms with Crippen molar-refractivity contribution >= 4 is 10.0 Å². The van der Waals surface area contributed by atoms with Crippen molar-refractivity contribution < 1.29 is 13.2 Å². The predicted molar refractivity (Wildman–Crippen MR) is 82.4 cm³/mol. The zero-order valence-corrected chi connectivity index (χ0v) is 13.2. The summed E-state index contributed by atoms with van der Waals surface area (Å²) in [5.41, 5.74) is 1.03. The average Bonchev–Trinajstić information content (AvgIpc) is 2.96. The van der Waals surface area contributed by atoms with Gasteiger partial charge in [-0.1, -0.05) is 25.0 Å². The van der Waals surface area contributed by atoms with Crippen LogP contribution in [-0.2, 0) is 14.8 Å². The van der Waals surface area contributed by atoms with E-state index < -0.39 is 10.0 Å². The van der Waals surface area contributed by atoms with Gasteiger partial charge in [-0.15, -0.1) is 0 Å². The second kappa shape index (κ2) is 7.35. The molecule has 1 aromatic carbocycles. The van der Waals surface area contributed by atoms with Gasteiger partial charge in [0.25, 0.3) is 0 Å². The van der Waals surface area contributed by atoms with E-state index in [1.54, 1.807) is 12.1 Å². The van der Waals surface area contributed by atoms with Gasteiger partial charge < -0.3 is 10.1 Å². The number of rotatable bonds is 7. The van der Waals surface area contributed by atoms with Crippen molar-refractivity contribution in [2.24, 2.45) is 5.14 Å². The molecule has 6 heteroatoms. The fourth-order valence-corrected chi connectivity index (χ4v) is 3.14. The molecule has 0 radical (unpaired) electrons. The maximum atomic E-state index is 11.2. The van der Waals surface area contributed by atoms with Crippen LogP contribution in [0.25, 0.3) is 0 Å². The minimum absolute atomic E-state index is 0.142. The topological polar surface area (TPSA) is 81.4 Å². The van der Waals surface area contributed by atoms with Gasteiger partial charge in [0, 0.05) is 12.6 Å². The van der Waals surface area contributed by atoms with Crippen LogP contribution < -0.4 is 10.5 Å².